The molecule has 1 heterocycles. The van der Waals surface area contributed by atoms with Crippen LogP contribution in [-0.2, 0) is 6.42 Å². The van der Waals surface area contributed by atoms with Crippen LogP contribution in [0.1, 0.15) is 21.6 Å². The van der Waals surface area contributed by atoms with Gasteiger partial charge >= 0.3 is 6.19 Å². The Labute approximate surface area is 106 Å². The number of carbonyl (C=O) groups is 1. The average molecular weight is 237 g/mol. The highest BCUT2D eigenvalue weighted by Gasteiger charge is 2.12. The summed E-state index contributed by atoms with van der Waals surface area (Å²) < 4.78 is 1.47. The van der Waals surface area contributed by atoms with Crippen LogP contribution in [0.3, 0.4) is 0 Å². The number of aromatic nitrogens is 1. The Bertz CT molecular complexity index is 612. The summed E-state index contributed by atoms with van der Waals surface area (Å²) in [7, 11) is 0. The normalized spacial score (nSPS) is 9.78. The van der Waals surface area contributed by atoms with Crippen molar-refractivity contribution in [2.24, 2.45) is 0 Å². The molecule has 18 heavy (non-hydrogen) atoms. The molecule has 0 unspecified atom stereocenters. The molecule has 0 atom stereocenters. The standard InChI is InChI=1S/C15H13N2O/c1-12-14(8-5-9-17(12)11-16)10-15(18)13-6-3-2-4-7-13/h2-9H,10H2,1H3/q+1. The highest BCUT2D eigenvalue weighted by atomic mass is 16.1. The van der Waals surface area contributed by atoms with Crippen LogP contribution in [-0.4, -0.2) is 5.78 Å². The van der Waals surface area contributed by atoms with Gasteiger partial charge in [-0.2, -0.15) is 0 Å². The molecule has 0 spiro atoms. The molecule has 0 fully saturated rings. The molecule has 0 bridgehead atoms. The molecule has 1 aromatic heterocycles. The first-order valence-electron chi connectivity index (χ1n) is 5.71. The Hall–Kier alpha value is -2.47. The molecule has 88 valence electrons. The molecule has 2 aromatic rings. The first-order valence-corrected chi connectivity index (χ1v) is 5.71. The molecule has 0 saturated heterocycles. The number of rotatable bonds is 3. The van der Waals surface area contributed by atoms with Crippen LogP contribution in [0.25, 0.3) is 0 Å². The minimum Gasteiger partial charge on any atom is -0.294 e. The number of Topliss-reactive ketones (excluding diaryl/α,β-unsaturated/α-hetero) is 1. The fourth-order valence-electron chi connectivity index (χ4n) is 1.83. The van der Waals surface area contributed by atoms with E-state index in [0.717, 1.165) is 11.3 Å². The van der Waals surface area contributed by atoms with E-state index in [4.69, 9.17) is 5.26 Å². The Morgan fingerprint density at radius 2 is 1.94 bits per heavy atom. The summed E-state index contributed by atoms with van der Waals surface area (Å²) in [6.45, 7) is 1.84. The minimum absolute atomic E-state index is 0.0642. The minimum atomic E-state index is 0.0642. The van der Waals surface area contributed by atoms with Crippen molar-refractivity contribution in [1.82, 2.24) is 0 Å². The van der Waals surface area contributed by atoms with E-state index in [1.165, 1.54) is 4.57 Å². The largest absolute Gasteiger partial charge is 0.464 e. The van der Waals surface area contributed by atoms with Gasteiger partial charge in [0.05, 0.1) is 0 Å². The SMILES string of the molecule is Cc1c(CC(=O)c2ccccc2)ccc[n+]1C#N. The third-order valence-corrected chi connectivity index (χ3v) is 2.91. The van der Waals surface area contributed by atoms with Crippen LogP contribution in [0, 0.1) is 18.4 Å². The van der Waals surface area contributed by atoms with Crippen molar-refractivity contribution in [3.05, 3.63) is 65.5 Å². The Kier molecular flexibility index (Phi) is 3.49. The monoisotopic (exact) mass is 237 g/mol. The molecular weight excluding hydrogens is 224 g/mol. The Morgan fingerprint density at radius 1 is 1.22 bits per heavy atom. The third-order valence-electron chi connectivity index (χ3n) is 2.91. The molecule has 0 amide bonds. The van der Waals surface area contributed by atoms with Crippen LogP contribution in [0.4, 0.5) is 0 Å². The van der Waals surface area contributed by atoms with Crippen molar-refractivity contribution >= 4 is 5.78 Å². The van der Waals surface area contributed by atoms with Crippen LogP contribution in [0.5, 0.6) is 0 Å². The van der Waals surface area contributed by atoms with Crippen LogP contribution >= 0.6 is 0 Å². The van der Waals surface area contributed by atoms with Gasteiger partial charge in [0.1, 0.15) is 11.9 Å². The smallest absolute Gasteiger partial charge is 0.294 e. The maximum Gasteiger partial charge on any atom is 0.464 e. The number of hydrogen-bond acceptors (Lipinski definition) is 2. The van der Waals surface area contributed by atoms with Crippen LogP contribution in [0.2, 0.25) is 0 Å². The number of hydrogen-bond donors (Lipinski definition) is 0. The summed E-state index contributed by atoms with van der Waals surface area (Å²) in [6, 6.07) is 12.8. The fraction of sp³-hybridized carbons (Fsp3) is 0.133. The number of nitrogens with zero attached hydrogens (tertiary/aromatic N) is 2. The zero-order chi connectivity index (χ0) is 13.0. The predicted molar refractivity (Wildman–Crippen MR) is 66.9 cm³/mol. The maximum atomic E-state index is 12.1. The molecule has 2 rings (SSSR count). The lowest BCUT2D eigenvalue weighted by Gasteiger charge is -2.04. The fourth-order valence-corrected chi connectivity index (χ4v) is 1.83. The molecule has 0 aliphatic heterocycles. The second kappa shape index (κ2) is 5.24. The van der Waals surface area contributed by atoms with Crippen LogP contribution < -0.4 is 4.57 Å². The summed E-state index contributed by atoms with van der Waals surface area (Å²) >= 11 is 0. The molecule has 0 radical (unpaired) electrons. The van der Waals surface area contributed by atoms with Gasteiger partial charge in [-0.25, -0.2) is 0 Å². The van der Waals surface area contributed by atoms with E-state index in [2.05, 4.69) is 6.19 Å². The number of ketones is 1. The third kappa shape index (κ3) is 2.44. The van der Waals surface area contributed by atoms with E-state index in [9.17, 15) is 4.79 Å². The van der Waals surface area contributed by atoms with Gasteiger partial charge < -0.3 is 0 Å². The van der Waals surface area contributed by atoms with Crippen molar-refractivity contribution in [3.8, 4) is 6.19 Å². The van der Waals surface area contributed by atoms with Gasteiger partial charge in [0, 0.05) is 17.5 Å². The van der Waals surface area contributed by atoms with Gasteiger partial charge in [0.15, 0.2) is 11.0 Å². The molecular formula is C15H13N2O+. The second-order valence-electron chi connectivity index (χ2n) is 4.05. The number of carbonyl (C=O) groups excluding carboxylic acids is 1. The summed E-state index contributed by atoms with van der Waals surface area (Å²) in [5, 5.41) is 8.92. The first kappa shape index (κ1) is 12.0. The van der Waals surface area contributed by atoms with Crippen molar-refractivity contribution in [2.45, 2.75) is 13.3 Å². The quantitative estimate of drug-likeness (QED) is 0.605. The van der Waals surface area contributed by atoms with Gasteiger partial charge in [-0.3, -0.25) is 4.79 Å². The molecule has 0 aliphatic rings. The summed E-state index contributed by atoms with van der Waals surface area (Å²) in [6.07, 6.45) is 4.06. The van der Waals surface area contributed by atoms with Gasteiger partial charge in [0.2, 0.25) is 0 Å². The number of pyridine rings is 1. The molecule has 0 N–H and O–H groups in total. The highest BCUT2D eigenvalue weighted by molar-refractivity contribution is 5.97. The average Bonchev–Trinajstić information content (AvgIpc) is 2.42. The second-order valence-corrected chi connectivity index (χ2v) is 4.05. The Morgan fingerprint density at radius 3 is 2.61 bits per heavy atom. The molecule has 3 nitrogen and oxygen atoms in total. The van der Waals surface area contributed by atoms with Crippen molar-refractivity contribution in [3.63, 3.8) is 0 Å². The van der Waals surface area contributed by atoms with Crippen molar-refractivity contribution < 1.29 is 9.36 Å². The molecule has 0 saturated carbocycles. The lowest BCUT2D eigenvalue weighted by atomic mass is 10.0. The van der Waals surface area contributed by atoms with Gasteiger partial charge in [-0.15, -0.1) is 4.57 Å². The van der Waals surface area contributed by atoms with Crippen LogP contribution in [0.15, 0.2) is 48.7 Å². The lowest BCUT2D eigenvalue weighted by molar-refractivity contribution is -0.594. The maximum absolute atomic E-state index is 12.1. The Balaban J connectivity index is 2.26. The predicted octanol–water partition coefficient (Wildman–Crippen LogP) is 2.04. The van der Waals surface area contributed by atoms with E-state index in [1.807, 2.05) is 31.2 Å². The zero-order valence-corrected chi connectivity index (χ0v) is 10.1. The topological polar surface area (TPSA) is 44.7 Å². The van der Waals surface area contributed by atoms with Gasteiger partial charge in [0.25, 0.3) is 0 Å². The molecule has 1 aromatic carbocycles. The summed E-state index contributed by atoms with van der Waals surface area (Å²) in [4.78, 5) is 12.1. The first-order chi connectivity index (χ1) is 8.72. The number of benzene rings is 1. The molecule has 0 aliphatic carbocycles. The van der Waals surface area contributed by atoms with E-state index in [0.29, 0.717) is 12.0 Å². The summed E-state index contributed by atoms with van der Waals surface area (Å²) in [5.41, 5.74) is 2.39. The zero-order valence-electron chi connectivity index (χ0n) is 10.1. The lowest BCUT2D eigenvalue weighted by Crippen LogP contribution is -2.32. The van der Waals surface area contributed by atoms with E-state index >= 15 is 0 Å². The van der Waals surface area contributed by atoms with E-state index in [-0.39, 0.29) is 5.78 Å². The summed E-state index contributed by atoms with van der Waals surface area (Å²) in [5.74, 6) is 0.0642. The highest BCUT2D eigenvalue weighted by Crippen LogP contribution is 2.08. The molecule has 3 heteroatoms. The van der Waals surface area contributed by atoms with Crippen molar-refractivity contribution in [1.29, 1.82) is 5.26 Å². The van der Waals surface area contributed by atoms with Gasteiger partial charge in [-0.1, -0.05) is 36.4 Å². The van der Waals surface area contributed by atoms with Gasteiger partial charge in [-0.05, 0) is 13.0 Å². The van der Waals surface area contributed by atoms with E-state index < -0.39 is 0 Å². The van der Waals surface area contributed by atoms with Crippen molar-refractivity contribution in [2.75, 3.05) is 0 Å². The number of nitriles is 1. The van der Waals surface area contributed by atoms with E-state index in [1.54, 1.807) is 24.4 Å².